The van der Waals surface area contributed by atoms with Gasteiger partial charge in [0.15, 0.2) is 0 Å². The first-order valence-electron chi connectivity index (χ1n) is 9.26. The van der Waals surface area contributed by atoms with Crippen molar-refractivity contribution < 1.29 is 4.79 Å². The van der Waals surface area contributed by atoms with Crippen LogP contribution in [-0.4, -0.2) is 43.2 Å². The van der Waals surface area contributed by atoms with Gasteiger partial charge >= 0.3 is 0 Å². The minimum absolute atomic E-state index is 0.117. The van der Waals surface area contributed by atoms with Crippen molar-refractivity contribution in [3.63, 3.8) is 0 Å². The molecule has 140 valence electrons. The predicted molar refractivity (Wildman–Crippen MR) is 102 cm³/mol. The topological polar surface area (TPSA) is 75.9 Å². The monoisotopic (exact) mass is 365 g/mol. The van der Waals surface area contributed by atoms with Crippen LogP contribution in [0.2, 0.25) is 0 Å². The molecule has 0 radical (unpaired) electrons. The van der Waals surface area contributed by atoms with Crippen LogP contribution in [0.4, 0.5) is 0 Å². The van der Waals surface area contributed by atoms with Crippen molar-refractivity contribution in [2.45, 2.75) is 26.3 Å². The highest BCUT2D eigenvalue weighted by molar-refractivity contribution is 5.92. The van der Waals surface area contributed by atoms with Crippen molar-refractivity contribution in [1.29, 1.82) is 0 Å². The maximum absolute atomic E-state index is 12.9. The van der Waals surface area contributed by atoms with Crippen LogP contribution in [0.25, 0.3) is 5.69 Å². The molecular formula is C20H23N5O2. The lowest BCUT2D eigenvalue weighted by Gasteiger charge is -2.32. The molecule has 1 saturated heterocycles. The molecule has 1 amide bonds. The normalized spacial score (nSPS) is 17.2. The summed E-state index contributed by atoms with van der Waals surface area (Å²) in [6.45, 7) is 4.26. The van der Waals surface area contributed by atoms with Gasteiger partial charge in [0.2, 0.25) is 0 Å². The van der Waals surface area contributed by atoms with Gasteiger partial charge in [-0.2, -0.15) is 0 Å². The third-order valence-electron chi connectivity index (χ3n) is 5.15. The molecule has 1 aliphatic rings. The van der Waals surface area contributed by atoms with Crippen molar-refractivity contribution in [1.82, 2.24) is 24.2 Å². The van der Waals surface area contributed by atoms with Gasteiger partial charge in [-0.1, -0.05) is 18.2 Å². The van der Waals surface area contributed by atoms with Gasteiger partial charge < -0.3 is 9.47 Å². The Bertz CT molecular complexity index is 985. The number of H-pyrrole nitrogens is 1. The summed E-state index contributed by atoms with van der Waals surface area (Å²) < 4.78 is 3.54. The predicted octanol–water partition coefficient (Wildman–Crippen LogP) is 2.22. The molecule has 0 saturated carbocycles. The third-order valence-corrected chi connectivity index (χ3v) is 5.15. The van der Waals surface area contributed by atoms with Crippen molar-refractivity contribution >= 4 is 5.91 Å². The quantitative estimate of drug-likeness (QED) is 0.770. The minimum atomic E-state index is -0.229. The maximum atomic E-state index is 12.9. The number of hydrogen-bond acceptors (Lipinski definition) is 3. The number of aromatic nitrogens is 4. The number of likely N-dealkylation sites (tertiary alicyclic amines) is 1. The number of rotatable bonds is 4. The number of nitrogens with zero attached hydrogens (tertiary/aromatic N) is 4. The van der Waals surface area contributed by atoms with Crippen molar-refractivity contribution in [3.8, 4) is 5.69 Å². The Morgan fingerprint density at radius 3 is 2.85 bits per heavy atom. The van der Waals surface area contributed by atoms with Crippen molar-refractivity contribution in [2.75, 3.05) is 13.1 Å². The van der Waals surface area contributed by atoms with E-state index in [0.29, 0.717) is 23.8 Å². The summed E-state index contributed by atoms with van der Waals surface area (Å²) in [5.74, 6) is 1.26. The van der Waals surface area contributed by atoms with E-state index in [1.165, 1.54) is 10.7 Å². The van der Waals surface area contributed by atoms with Gasteiger partial charge in [-0.3, -0.25) is 14.7 Å². The molecule has 1 aliphatic heterocycles. The summed E-state index contributed by atoms with van der Waals surface area (Å²) in [4.78, 5) is 31.3. The van der Waals surface area contributed by atoms with Crippen LogP contribution in [0.15, 0.2) is 53.6 Å². The number of hydrogen-bond donors (Lipinski definition) is 1. The second-order valence-electron chi connectivity index (χ2n) is 7.07. The highest BCUT2D eigenvalue weighted by Gasteiger charge is 2.26. The zero-order valence-corrected chi connectivity index (χ0v) is 15.3. The van der Waals surface area contributed by atoms with Crippen LogP contribution in [-0.2, 0) is 6.54 Å². The number of carbonyl (C=O) groups is 1. The molecule has 4 rings (SSSR count). The Kier molecular flexibility index (Phi) is 4.66. The first-order chi connectivity index (χ1) is 13.1. The van der Waals surface area contributed by atoms with E-state index in [2.05, 4.69) is 14.6 Å². The molecule has 27 heavy (non-hydrogen) atoms. The number of benzene rings is 1. The number of amides is 1. The highest BCUT2D eigenvalue weighted by atomic mass is 16.2. The maximum Gasteiger partial charge on any atom is 0.271 e. The van der Waals surface area contributed by atoms with E-state index < -0.39 is 0 Å². The fourth-order valence-corrected chi connectivity index (χ4v) is 3.72. The molecule has 0 aliphatic carbocycles. The largest absolute Gasteiger partial charge is 0.337 e. The molecular weight excluding hydrogens is 342 g/mol. The molecule has 0 bridgehead atoms. The van der Waals surface area contributed by atoms with Gasteiger partial charge in [-0.25, -0.2) is 9.67 Å². The van der Waals surface area contributed by atoms with Gasteiger partial charge in [-0.15, -0.1) is 0 Å². The number of aromatic amines is 1. The zero-order valence-electron chi connectivity index (χ0n) is 15.3. The summed E-state index contributed by atoms with van der Waals surface area (Å²) in [6, 6.07) is 10.7. The Hall–Kier alpha value is -3.09. The molecule has 1 fully saturated rings. The van der Waals surface area contributed by atoms with Gasteiger partial charge in [0.25, 0.3) is 11.5 Å². The highest BCUT2D eigenvalue weighted by Crippen LogP contribution is 2.20. The fourth-order valence-electron chi connectivity index (χ4n) is 3.72. The van der Waals surface area contributed by atoms with Gasteiger partial charge in [0.05, 0.1) is 5.69 Å². The molecule has 0 spiro atoms. The van der Waals surface area contributed by atoms with E-state index in [1.807, 2.05) is 48.4 Å². The first-order valence-corrected chi connectivity index (χ1v) is 9.26. The van der Waals surface area contributed by atoms with Crippen LogP contribution >= 0.6 is 0 Å². The third kappa shape index (κ3) is 3.58. The molecule has 7 nitrogen and oxygen atoms in total. The van der Waals surface area contributed by atoms with E-state index >= 15 is 0 Å². The van der Waals surface area contributed by atoms with Crippen LogP contribution in [0.1, 0.15) is 29.2 Å². The number of piperidine rings is 1. The minimum Gasteiger partial charge on any atom is -0.337 e. The Balaban J connectivity index is 1.49. The first kappa shape index (κ1) is 17.3. The average molecular weight is 365 g/mol. The summed E-state index contributed by atoms with van der Waals surface area (Å²) in [6.07, 6.45) is 5.84. The molecule has 3 aromatic rings. The van der Waals surface area contributed by atoms with Gasteiger partial charge in [-0.05, 0) is 37.8 Å². The smallest absolute Gasteiger partial charge is 0.271 e. The van der Waals surface area contributed by atoms with E-state index in [0.717, 1.165) is 31.8 Å². The Labute approximate surface area is 157 Å². The molecule has 7 heteroatoms. The van der Waals surface area contributed by atoms with E-state index in [9.17, 15) is 9.59 Å². The number of aryl methyl sites for hydroxylation is 1. The molecule has 1 atom stereocenters. The van der Waals surface area contributed by atoms with Crippen LogP contribution in [0.5, 0.6) is 0 Å². The summed E-state index contributed by atoms with van der Waals surface area (Å²) in [7, 11) is 0. The lowest BCUT2D eigenvalue weighted by Crippen LogP contribution is -2.41. The van der Waals surface area contributed by atoms with Crippen LogP contribution < -0.4 is 5.56 Å². The summed E-state index contributed by atoms with van der Waals surface area (Å²) in [5.41, 5.74) is 0.823. The number of carbonyl (C=O) groups excluding carboxylic acids is 1. The second kappa shape index (κ2) is 7.26. The standard InChI is InChI=1S/C20H23N5O2/c1-15-21-9-11-23(15)13-16-6-5-10-24(14-16)20(27)18-12-19(26)25(22-18)17-7-3-2-4-8-17/h2-4,7-9,11-12,16,22H,5-6,10,13-14H2,1H3/t16-/m1/s1. The number of nitrogens with one attached hydrogen (secondary N) is 1. The van der Waals surface area contributed by atoms with Crippen molar-refractivity contribution in [2.24, 2.45) is 5.92 Å². The SMILES string of the molecule is Cc1nccn1C[C@H]1CCCN(C(=O)c2cc(=O)n(-c3ccccc3)[nH]2)C1. The lowest BCUT2D eigenvalue weighted by atomic mass is 9.97. The van der Waals surface area contributed by atoms with Crippen LogP contribution in [0.3, 0.4) is 0 Å². The summed E-state index contributed by atoms with van der Waals surface area (Å²) in [5, 5.41) is 2.96. The molecule has 1 aromatic carbocycles. The zero-order chi connectivity index (χ0) is 18.8. The van der Waals surface area contributed by atoms with E-state index in [-0.39, 0.29) is 11.5 Å². The number of imidazole rings is 1. The Morgan fingerprint density at radius 1 is 1.30 bits per heavy atom. The van der Waals surface area contributed by atoms with E-state index in [4.69, 9.17) is 0 Å². The molecule has 0 unspecified atom stereocenters. The second-order valence-corrected chi connectivity index (χ2v) is 7.07. The van der Waals surface area contributed by atoms with E-state index in [1.54, 1.807) is 6.20 Å². The lowest BCUT2D eigenvalue weighted by molar-refractivity contribution is 0.0655. The molecule has 1 N–H and O–H groups in total. The fraction of sp³-hybridized carbons (Fsp3) is 0.350. The van der Waals surface area contributed by atoms with Gasteiger partial charge in [0, 0.05) is 38.1 Å². The Morgan fingerprint density at radius 2 is 2.11 bits per heavy atom. The van der Waals surface area contributed by atoms with Crippen LogP contribution in [0, 0.1) is 12.8 Å². The molecule has 2 aromatic heterocycles. The summed E-state index contributed by atoms with van der Waals surface area (Å²) >= 11 is 0. The van der Waals surface area contributed by atoms with Crippen molar-refractivity contribution in [3.05, 3.63) is 70.7 Å². The van der Waals surface area contributed by atoms with Gasteiger partial charge in [0.1, 0.15) is 11.5 Å². The average Bonchev–Trinajstić information content (AvgIpc) is 3.28. The number of para-hydroxylation sites is 1. The molecule has 3 heterocycles.